The van der Waals surface area contributed by atoms with E-state index in [0.717, 1.165) is 12.2 Å². The van der Waals surface area contributed by atoms with Gasteiger partial charge in [0.25, 0.3) is 0 Å². The van der Waals surface area contributed by atoms with E-state index in [2.05, 4.69) is 79.7 Å². The summed E-state index contributed by atoms with van der Waals surface area (Å²) in [6.07, 6.45) is 0.873. The summed E-state index contributed by atoms with van der Waals surface area (Å²) >= 11 is 0. The van der Waals surface area contributed by atoms with Crippen LogP contribution in [0, 0.1) is 6.92 Å². The molecule has 0 atom stereocenters. The summed E-state index contributed by atoms with van der Waals surface area (Å²) in [5.74, 6) is 0.959. The van der Waals surface area contributed by atoms with Crippen molar-refractivity contribution in [2.75, 3.05) is 7.11 Å². The molecule has 24 heavy (non-hydrogen) atoms. The second-order valence-electron chi connectivity index (χ2n) is 6.23. The second-order valence-corrected chi connectivity index (χ2v) is 6.23. The lowest BCUT2D eigenvalue weighted by Crippen LogP contribution is -1.98. The van der Waals surface area contributed by atoms with E-state index in [-0.39, 0.29) is 0 Å². The molecule has 0 unspecified atom stereocenters. The number of methoxy groups -OCH3 is 1. The van der Waals surface area contributed by atoms with Crippen LogP contribution in [-0.4, -0.2) is 7.11 Å². The number of ether oxygens (including phenoxy) is 1. The maximum Gasteiger partial charge on any atom is 0.123 e. The lowest BCUT2D eigenvalue weighted by molar-refractivity contribution is 0.411. The Morgan fingerprint density at radius 3 is 1.92 bits per heavy atom. The monoisotopic (exact) mass is 312 g/mol. The van der Waals surface area contributed by atoms with E-state index in [4.69, 9.17) is 4.74 Å². The standard InChI is InChI=1S/C23H20O/c1-16-11-12-17-7-3-5-9-19(17)21(16)15-22-20-10-6-4-8-18(20)13-14-23(22)24-2/h3-14H,15H2,1-2H3. The first-order chi connectivity index (χ1) is 11.8. The summed E-state index contributed by atoms with van der Waals surface area (Å²) in [6.45, 7) is 2.19. The second kappa shape index (κ2) is 6.01. The summed E-state index contributed by atoms with van der Waals surface area (Å²) in [5, 5.41) is 5.14. The van der Waals surface area contributed by atoms with Crippen LogP contribution in [0.4, 0.5) is 0 Å². The third-order valence-electron chi connectivity index (χ3n) is 4.85. The highest BCUT2D eigenvalue weighted by molar-refractivity contribution is 5.91. The van der Waals surface area contributed by atoms with Crippen LogP contribution in [0.2, 0.25) is 0 Å². The molecule has 0 aliphatic carbocycles. The van der Waals surface area contributed by atoms with Crippen LogP contribution in [0.5, 0.6) is 5.75 Å². The molecule has 4 rings (SSSR count). The van der Waals surface area contributed by atoms with Gasteiger partial charge in [-0.25, -0.2) is 0 Å². The van der Waals surface area contributed by atoms with Crippen molar-refractivity contribution in [3.05, 3.63) is 89.5 Å². The average Bonchev–Trinajstić information content (AvgIpc) is 2.64. The first kappa shape index (κ1) is 14.8. The molecule has 118 valence electrons. The molecule has 0 radical (unpaired) electrons. The Kier molecular flexibility index (Phi) is 3.70. The van der Waals surface area contributed by atoms with Crippen molar-refractivity contribution < 1.29 is 4.74 Å². The Balaban J connectivity index is 1.96. The number of hydrogen-bond donors (Lipinski definition) is 0. The third kappa shape index (κ3) is 2.43. The van der Waals surface area contributed by atoms with E-state index in [1.54, 1.807) is 7.11 Å². The molecule has 0 fully saturated rings. The fourth-order valence-corrected chi connectivity index (χ4v) is 3.55. The van der Waals surface area contributed by atoms with Crippen molar-refractivity contribution in [2.45, 2.75) is 13.3 Å². The highest BCUT2D eigenvalue weighted by Gasteiger charge is 2.12. The fourth-order valence-electron chi connectivity index (χ4n) is 3.55. The first-order valence-corrected chi connectivity index (χ1v) is 8.30. The summed E-state index contributed by atoms with van der Waals surface area (Å²) in [5.41, 5.74) is 3.96. The quantitative estimate of drug-likeness (QED) is 0.457. The summed E-state index contributed by atoms with van der Waals surface area (Å²) in [7, 11) is 1.75. The van der Waals surface area contributed by atoms with Crippen molar-refractivity contribution in [1.82, 2.24) is 0 Å². The molecule has 0 saturated heterocycles. The van der Waals surface area contributed by atoms with Gasteiger partial charge < -0.3 is 4.74 Å². The van der Waals surface area contributed by atoms with Crippen LogP contribution in [0.3, 0.4) is 0 Å². The fraction of sp³-hybridized carbons (Fsp3) is 0.130. The zero-order chi connectivity index (χ0) is 16.5. The number of rotatable bonds is 3. The molecule has 4 aromatic carbocycles. The van der Waals surface area contributed by atoms with Crippen molar-refractivity contribution in [2.24, 2.45) is 0 Å². The van der Waals surface area contributed by atoms with E-state index in [0.29, 0.717) is 0 Å². The van der Waals surface area contributed by atoms with Crippen LogP contribution in [0.15, 0.2) is 72.8 Å². The molecule has 0 aliphatic rings. The van der Waals surface area contributed by atoms with Gasteiger partial charge in [0.1, 0.15) is 5.75 Å². The van der Waals surface area contributed by atoms with Crippen molar-refractivity contribution in [3.63, 3.8) is 0 Å². The largest absolute Gasteiger partial charge is 0.496 e. The van der Waals surface area contributed by atoms with Crippen molar-refractivity contribution in [1.29, 1.82) is 0 Å². The number of fused-ring (bicyclic) bond motifs is 2. The van der Waals surface area contributed by atoms with Crippen molar-refractivity contribution in [3.8, 4) is 5.75 Å². The van der Waals surface area contributed by atoms with E-state index < -0.39 is 0 Å². The summed E-state index contributed by atoms with van der Waals surface area (Å²) < 4.78 is 5.68. The molecular weight excluding hydrogens is 292 g/mol. The molecule has 0 spiro atoms. The van der Waals surface area contributed by atoms with Gasteiger partial charge in [-0.05, 0) is 45.7 Å². The molecule has 0 bridgehead atoms. The zero-order valence-electron chi connectivity index (χ0n) is 14.0. The van der Waals surface area contributed by atoms with Gasteiger partial charge in [-0.1, -0.05) is 66.7 Å². The topological polar surface area (TPSA) is 9.23 Å². The van der Waals surface area contributed by atoms with Gasteiger partial charge in [-0.15, -0.1) is 0 Å². The average molecular weight is 312 g/mol. The number of hydrogen-bond acceptors (Lipinski definition) is 1. The molecular formula is C23H20O. The van der Waals surface area contributed by atoms with Gasteiger partial charge >= 0.3 is 0 Å². The van der Waals surface area contributed by atoms with Crippen LogP contribution in [0.25, 0.3) is 21.5 Å². The minimum atomic E-state index is 0.873. The van der Waals surface area contributed by atoms with Crippen LogP contribution in [0.1, 0.15) is 16.7 Å². The van der Waals surface area contributed by atoms with E-state index in [1.165, 1.54) is 38.2 Å². The van der Waals surface area contributed by atoms with Crippen LogP contribution < -0.4 is 4.74 Å². The smallest absolute Gasteiger partial charge is 0.123 e. The molecule has 4 aromatic rings. The minimum absolute atomic E-state index is 0.873. The Morgan fingerprint density at radius 2 is 1.25 bits per heavy atom. The molecule has 0 saturated carbocycles. The molecule has 1 heteroatoms. The minimum Gasteiger partial charge on any atom is -0.496 e. The lowest BCUT2D eigenvalue weighted by atomic mass is 9.91. The molecule has 0 amide bonds. The normalized spacial score (nSPS) is 11.1. The molecule has 0 N–H and O–H groups in total. The van der Waals surface area contributed by atoms with Gasteiger partial charge in [0.15, 0.2) is 0 Å². The summed E-state index contributed by atoms with van der Waals surface area (Å²) in [6, 6.07) is 25.8. The molecule has 1 nitrogen and oxygen atoms in total. The van der Waals surface area contributed by atoms with Gasteiger partial charge in [0.05, 0.1) is 7.11 Å². The SMILES string of the molecule is COc1ccc2ccccc2c1Cc1c(C)ccc2ccccc12. The highest BCUT2D eigenvalue weighted by Crippen LogP contribution is 2.33. The highest BCUT2D eigenvalue weighted by atomic mass is 16.5. The zero-order valence-corrected chi connectivity index (χ0v) is 14.0. The maximum atomic E-state index is 5.68. The Bertz CT molecular complexity index is 1030. The van der Waals surface area contributed by atoms with Crippen molar-refractivity contribution >= 4 is 21.5 Å². The van der Waals surface area contributed by atoms with E-state index in [1.807, 2.05) is 0 Å². The molecule has 0 aliphatic heterocycles. The van der Waals surface area contributed by atoms with E-state index >= 15 is 0 Å². The lowest BCUT2D eigenvalue weighted by Gasteiger charge is -2.15. The maximum absolute atomic E-state index is 5.68. The first-order valence-electron chi connectivity index (χ1n) is 8.30. The molecule has 0 aromatic heterocycles. The van der Waals surface area contributed by atoms with Gasteiger partial charge in [-0.3, -0.25) is 0 Å². The van der Waals surface area contributed by atoms with Crippen LogP contribution >= 0.6 is 0 Å². The summed E-state index contributed by atoms with van der Waals surface area (Å²) in [4.78, 5) is 0. The Hall–Kier alpha value is -2.80. The third-order valence-corrected chi connectivity index (χ3v) is 4.85. The Morgan fingerprint density at radius 1 is 0.667 bits per heavy atom. The van der Waals surface area contributed by atoms with Gasteiger partial charge in [-0.2, -0.15) is 0 Å². The van der Waals surface area contributed by atoms with Crippen LogP contribution in [-0.2, 0) is 6.42 Å². The number of aryl methyl sites for hydroxylation is 1. The Labute approximate surface area is 142 Å². The van der Waals surface area contributed by atoms with Gasteiger partial charge in [0, 0.05) is 12.0 Å². The predicted molar refractivity (Wildman–Crippen MR) is 102 cm³/mol. The van der Waals surface area contributed by atoms with Gasteiger partial charge in [0.2, 0.25) is 0 Å². The molecule has 0 heterocycles. The predicted octanol–water partition coefficient (Wildman–Crippen LogP) is 5.90. The van der Waals surface area contributed by atoms with E-state index in [9.17, 15) is 0 Å². The number of benzene rings is 4.